The molecule has 0 radical (unpaired) electrons. The fourth-order valence-corrected chi connectivity index (χ4v) is 2.94. The molecule has 2 N–H and O–H groups in total. The lowest BCUT2D eigenvalue weighted by molar-refractivity contribution is -0.120. The number of aromatic carboxylic acids is 1. The largest absolute Gasteiger partial charge is 0.476 e. The van der Waals surface area contributed by atoms with Crippen molar-refractivity contribution in [1.82, 2.24) is 15.3 Å². The molecule has 2 aromatic rings. The molecular weight excluding hydrogens is 298 g/mol. The average Bonchev–Trinajstić information content (AvgIpc) is 3.05. The number of amides is 1. The minimum Gasteiger partial charge on any atom is -0.476 e. The van der Waals surface area contributed by atoms with E-state index < -0.39 is 5.97 Å². The van der Waals surface area contributed by atoms with Gasteiger partial charge >= 0.3 is 5.97 Å². The van der Waals surface area contributed by atoms with Gasteiger partial charge in [-0.05, 0) is 6.42 Å². The second-order valence-corrected chi connectivity index (χ2v) is 5.86. The number of aryl methyl sites for hydroxylation is 1. The fourth-order valence-electron chi connectivity index (χ4n) is 1.48. The van der Waals surface area contributed by atoms with Crippen LogP contribution in [0.1, 0.15) is 33.1 Å². The first-order chi connectivity index (χ1) is 9.58. The molecule has 0 saturated heterocycles. The second-order valence-electron chi connectivity index (χ2n) is 3.97. The van der Waals surface area contributed by atoms with Gasteiger partial charge in [-0.25, -0.2) is 14.8 Å². The third-order valence-electron chi connectivity index (χ3n) is 2.45. The first kappa shape index (κ1) is 14.6. The molecule has 0 aliphatic rings. The van der Waals surface area contributed by atoms with Crippen molar-refractivity contribution in [3.63, 3.8) is 0 Å². The lowest BCUT2D eigenvalue weighted by Gasteiger charge is -2.00. The van der Waals surface area contributed by atoms with Crippen LogP contribution in [0.25, 0.3) is 0 Å². The highest BCUT2D eigenvalue weighted by atomic mass is 32.1. The van der Waals surface area contributed by atoms with Crippen LogP contribution in [0.4, 0.5) is 0 Å². The zero-order valence-electron chi connectivity index (χ0n) is 10.8. The second kappa shape index (κ2) is 6.58. The van der Waals surface area contributed by atoms with Crippen LogP contribution >= 0.6 is 22.7 Å². The van der Waals surface area contributed by atoms with E-state index in [2.05, 4.69) is 15.3 Å². The van der Waals surface area contributed by atoms with Gasteiger partial charge in [-0.15, -0.1) is 22.7 Å². The molecule has 0 aromatic carbocycles. The van der Waals surface area contributed by atoms with E-state index in [0.29, 0.717) is 5.01 Å². The number of aromatic nitrogens is 2. The first-order valence-corrected chi connectivity index (χ1v) is 7.72. The van der Waals surface area contributed by atoms with Crippen LogP contribution in [0.15, 0.2) is 10.8 Å². The van der Waals surface area contributed by atoms with Gasteiger partial charge in [0.2, 0.25) is 5.91 Å². The Morgan fingerprint density at radius 1 is 1.25 bits per heavy atom. The van der Waals surface area contributed by atoms with E-state index in [4.69, 9.17) is 5.11 Å². The monoisotopic (exact) mass is 311 g/mol. The highest BCUT2D eigenvalue weighted by Crippen LogP contribution is 2.11. The molecule has 0 aliphatic carbocycles. The summed E-state index contributed by atoms with van der Waals surface area (Å²) >= 11 is 2.76. The lowest BCUT2D eigenvalue weighted by Crippen LogP contribution is -2.24. The number of nitrogens with one attached hydrogen (secondary N) is 1. The molecular formula is C12H13N3O3S2. The molecule has 106 valence electrons. The molecule has 0 unspecified atom stereocenters. The normalized spacial score (nSPS) is 10.4. The summed E-state index contributed by atoms with van der Waals surface area (Å²) in [6, 6.07) is 0. The summed E-state index contributed by atoms with van der Waals surface area (Å²) in [5.41, 5.74) is 0.765. The molecule has 0 bridgehead atoms. The van der Waals surface area contributed by atoms with Gasteiger partial charge in [0.25, 0.3) is 0 Å². The zero-order chi connectivity index (χ0) is 14.5. The quantitative estimate of drug-likeness (QED) is 0.847. The van der Waals surface area contributed by atoms with E-state index in [-0.39, 0.29) is 24.6 Å². The summed E-state index contributed by atoms with van der Waals surface area (Å²) < 4.78 is 0. The van der Waals surface area contributed by atoms with Crippen LogP contribution in [-0.4, -0.2) is 27.0 Å². The van der Waals surface area contributed by atoms with Gasteiger partial charge in [0, 0.05) is 10.8 Å². The van der Waals surface area contributed by atoms with E-state index in [1.54, 1.807) is 11.3 Å². The molecule has 20 heavy (non-hydrogen) atoms. The Labute approximate surface area is 123 Å². The van der Waals surface area contributed by atoms with Crippen LogP contribution in [0.2, 0.25) is 0 Å². The molecule has 0 aliphatic heterocycles. The molecule has 1 amide bonds. The Morgan fingerprint density at radius 2 is 2.00 bits per heavy atom. The molecule has 2 rings (SSSR count). The van der Waals surface area contributed by atoms with E-state index in [0.717, 1.165) is 17.1 Å². The van der Waals surface area contributed by atoms with E-state index in [1.165, 1.54) is 16.7 Å². The highest BCUT2D eigenvalue weighted by Gasteiger charge is 2.10. The summed E-state index contributed by atoms with van der Waals surface area (Å²) in [4.78, 5) is 30.6. The predicted molar refractivity (Wildman–Crippen MR) is 76.1 cm³/mol. The standard InChI is InChI=1S/C12H13N3O3S2/c1-2-10-14-7(5-19-10)3-9(16)13-4-11-15-8(6-20-11)12(17)18/h5-6H,2-4H2,1H3,(H,13,16)(H,17,18). The number of hydrogen-bond donors (Lipinski definition) is 2. The van der Waals surface area contributed by atoms with Gasteiger partial charge in [0.15, 0.2) is 5.69 Å². The molecule has 6 nitrogen and oxygen atoms in total. The Bertz CT molecular complexity index is 621. The molecule has 2 heterocycles. The number of hydrogen-bond acceptors (Lipinski definition) is 6. The van der Waals surface area contributed by atoms with Crippen molar-refractivity contribution in [1.29, 1.82) is 0 Å². The van der Waals surface area contributed by atoms with Crippen LogP contribution in [-0.2, 0) is 24.2 Å². The van der Waals surface area contributed by atoms with Gasteiger partial charge in [-0.1, -0.05) is 6.92 Å². The molecule has 2 aromatic heterocycles. The third kappa shape index (κ3) is 3.84. The highest BCUT2D eigenvalue weighted by molar-refractivity contribution is 7.10. The van der Waals surface area contributed by atoms with Crippen molar-refractivity contribution in [2.45, 2.75) is 26.3 Å². The predicted octanol–water partition coefficient (Wildman–Crippen LogP) is 1.72. The molecule has 0 atom stereocenters. The van der Waals surface area contributed by atoms with E-state index in [9.17, 15) is 9.59 Å². The number of thiazole rings is 2. The Hall–Kier alpha value is -1.80. The van der Waals surface area contributed by atoms with Crippen molar-refractivity contribution >= 4 is 34.6 Å². The maximum atomic E-state index is 11.7. The van der Waals surface area contributed by atoms with Gasteiger partial charge in [-0.2, -0.15) is 0 Å². The molecule has 8 heteroatoms. The average molecular weight is 311 g/mol. The summed E-state index contributed by atoms with van der Waals surface area (Å²) in [5.74, 6) is -1.21. The van der Waals surface area contributed by atoms with Gasteiger partial charge in [-0.3, -0.25) is 4.79 Å². The summed E-state index contributed by atoms with van der Waals surface area (Å²) in [7, 11) is 0. The molecule has 0 spiro atoms. The summed E-state index contributed by atoms with van der Waals surface area (Å²) in [6.45, 7) is 2.26. The van der Waals surface area contributed by atoms with E-state index in [1.807, 2.05) is 12.3 Å². The number of carbonyl (C=O) groups excluding carboxylic acids is 1. The number of carboxylic acid groups (broad SMARTS) is 1. The van der Waals surface area contributed by atoms with Crippen molar-refractivity contribution in [2.75, 3.05) is 0 Å². The summed E-state index contributed by atoms with van der Waals surface area (Å²) in [5, 5.41) is 16.4. The van der Waals surface area contributed by atoms with Crippen LogP contribution in [0.5, 0.6) is 0 Å². The maximum Gasteiger partial charge on any atom is 0.355 e. The van der Waals surface area contributed by atoms with Crippen molar-refractivity contribution in [2.24, 2.45) is 0 Å². The molecule has 0 fully saturated rings. The number of carbonyl (C=O) groups is 2. The van der Waals surface area contributed by atoms with Gasteiger partial charge in [0.1, 0.15) is 5.01 Å². The maximum absolute atomic E-state index is 11.7. The number of rotatable bonds is 6. The first-order valence-electron chi connectivity index (χ1n) is 5.96. The zero-order valence-corrected chi connectivity index (χ0v) is 12.4. The minimum absolute atomic E-state index is 0.00587. The van der Waals surface area contributed by atoms with Crippen molar-refractivity contribution in [3.05, 3.63) is 32.2 Å². The van der Waals surface area contributed by atoms with Crippen molar-refractivity contribution < 1.29 is 14.7 Å². The number of nitrogens with zero attached hydrogens (tertiary/aromatic N) is 2. The van der Waals surface area contributed by atoms with Crippen LogP contribution in [0, 0.1) is 0 Å². The lowest BCUT2D eigenvalue weighted by atomic mass is 10.3. The Kier molecular flexibility index (Phi) is 4.80. The fraction of sp³-hybridized carbons (Fsp3) is 0.333. The number of carboxylic acids is 1. The summed E-state index contributed by atoms with van der Waals surface area (Å²) in [6.07, 6.45) is 1.09. The smallest absolute Gasteiger partial charge is 0.355 e. The Morgan fingerprint density at radius 3 is 2.60 bits per heavy atom. The topological polar surface area (TPSA) is 92.2 Å². The van der Waals surface area contributed by atoms with E-state index >= 15 is 0 Å². The van der Waals surface area contributed by atoms with Crippen LogP contribution in [0.3, 0.4) is 0 Å². The minimum atomic E-state index is -1.06. The Balaban J connectivity index is 1.83. The molecule has 0 saturated carbocycles. The van der Waals surface area contributed by atoms with Crippen molar-refractivity contribution in [3.8, 4) is 0 Å². The van der Waals surface area contributed by atoms with Gasteiger partial charge in [0.05, 0.1) is 23.7 Å². The SMILES string of the molecule is CCc1nc(CC(=O)NCc2nc(C(=O)O)cs2)cs1. The third-order valence-corrected chi connectivity index (χ3v) is 4.34. The van der Waals surface area contributed by atoms with Crippen LogP contribution < -0.4 is 5.32 Å². The van der Waals surface area contributed by atoms with Gasteiger partial charge < -0.3 is 10.4 Å².